The first-order chi connectivity index (χ1) is 15.8. The van der Waals surface area contributed by atoms with Gasteiger partial charge in [-0.3, -0.25) is 14.4 Å². The maximum absolute atomic E-state index is 13.0. The monoisotopic (exact) mass is 477 g/mol. The molecule has 1 heterocycles. The van der Waals surface area contributed by atoms with Crippen molar-refractivity contribution >= 4 is 21.6 Å². The summed E-state index contributed by atoms with van der Waals surface area (Å²) in [5.74, 6) is -0.225. The maximum Gasteiger partial charge on any atom is 0.261 e. The van der Waals surface area contributed by atoms with Gasteiger partial charge in [0, 0.05) is 36.9 Å². The summed E-state index contributed by atoms with van der Waals surface area (Å²) in [5, 5.41) is 3.03. The number of morpholine rings is 1. The zero-order valence-electron chi connectivity index (χ0n) is 19.1. The minimum Gasteiger partial charge on any atom is -0.379 e. The van der Waals surface area contributed by atoms with Gasteiger partial charge in [0.2, 0.25) is 0 Å². The summed E-state index contributed by atoms with van der Waals surface area (Å²) in [6.07, 6.45) is 2.06. The number of anilines is 1. The summed E-state index contributed by atoms with van der Waals surface area (Å²) in [5.41, 5.74) is 0.648. The molecule has 2 aromatic rings. The normalized spacial score (nSPS) is 15.9. The molecular weight excluding hydrogens is 445 g/mol. The Balaban J connectivity index is 1.64. The molecular formula is C24H32FN3O4S. The number of nitrogens with one attached hydrogen (secondary N) is 2. The molecule has 1 amide bonds. The number of amides is 1. The van der Waals surface area contributed by atoms with Crippen LogP contribution in [0.4, 0.5) is 10.1 Å². The third-order valence-corrected chi connectivity index (χ3v) is 7.50. The quantitative estimate of drug-likeness (QED) is 0.547. The van der Waals surface area contributed by atoms with Gasteiger partial charge in [-0.2, -0.15) is 0 Å². The van der Waals surface area contributed by atoms with E-state index < -0.39 is 15.8 Å². The van der Waals surface area contributed by atoms with E-state index in [1.807, 2.05) is 0 Å². The second-order valence-electron chi connectivity index (χ2n) is 8.14. The molecule has 180 valence electrons. The van der Waals surface area contributed by atoms with Crippen LogP contribution in [0.2, 0.25) is 0 Å². The molecule has 0 spiro atoms. The minimum absolute atomic E-state index is 0.0200. The smallest absolute Gasteiger partial charge is 0.261 e. The van der Waals surface area contributed by atoms with E-state index in [9.17, 15) is 17.6 Å². The van der Waals surface area contributed by atoms with Gasteiger partial charge in [-0.15, -0.1) is 0 Å². The summed E-state index contributed by atoms with van der Waals surface area (Å²) in [6.45, 7) is 7.97. The Morgan fingerprint density at radius 1 is 1.03 bits per heavy atom. The van der Waals surface area contributed by atoms with Gasteiger partial charge in [0.1, 0.15) is 5.82 Å². The van der Waals surface area contributed by atoms with Gasteiger partial charge in [-0.25, -0.2) is 12.8 Å². The molecule has 2 N–H and O–H groups in total. The lowest BCUT2D eigenvalue weighted by Crippen LogP contribution is -2.52. The highest BCUT2D eigenvalue weighted by molar-refractivity contribution is 7.92. The zero-order chi connectivity index (χ0) is 23.8. The fraction of sp³-hybridized carbons (Fsp3) is 0.458. The molecule has 3 rings (SSSR count). The van der Waals surface area contributed by atoms with Crippen molar-refractivity contribution in [2.24, 2.45) is 5.92 Å². The third-order valence-electron chi connectivity index (χ3n) is 6.10. The molecule has 1 aliphatic rings. The van der Waals surface area contributed by atoms with Crippen molar-refractivity contribution < 1.29 is 22.3 Å². The molecule has 33 heavy (non-hydrogen) atoms. The number of carbonyl (C=O) groups excluding carboxylic acids is 1. The van der Waals surface area contributed by atoms with Crippen molar-refractivity contribution in [3.05, 3.63) is 59.9 Å². The number of hydrogen-bond donors (Lipinski definition) is 2. The second kappa shape index (κ2) is 11.6. The number of halogens is 1. The van der Waals surface area contributed by atoms with Gasteiger partial charge >= 0.3 is 0 Å². The van der Waals surface area contributed by atoms with Gasteiger partial charge in [-0.1, -0.05) is 26.7 Å². The van der Waals surface area contributed by atoms with Gasteiger partial charge in [-0.05, 0) is 54.4 Å². The van der Waals surface area contributed by atoms with Crippen molar-refractivity contribution in [3.8, 4) is 0 Å². The molecule has 0 saturated carbocycles. The average molecular weight is 478 g/mol. The molecule has 0 bridgehead atoms. The Morgan fingerprint density at radius 2 is 1.64 bits per heavy atom. The highest BCUT2D eigenvalue weighted by Gasteiger charge is 2.27. The number of nitrogens with zero attached hydrogens (tertiary/aromatic N) is 1. The van der Waals surface area contributed by atoms with Crippen LogP contribution in [0, 0.1) is 11.7 Å². The number of benzene rings is 2. The lowest BCUT2D eigenvalue weighted by Gasteiger charge is -2.38. The first kappa shape index (κ1) is 25.1. The molecule has 1 aliphatic heterocycles. The topological polar surface area (TPSA) is 87.7 Å². The Labute approximate surface area is 195 Å². The number of ether oxygens (including phenoxy) is 1. The largest absolute Gasteiger partial charge is 0.379 e. The van der Waals surface area contributed by atoms with Crippen molar-refractivity contribution in [2.75, 3.05) is 37.6 Å². The Hall–Kier alpha value is -2.49. The van der Waals surface area contributed by atoms with Crippen molar-refractivity contribution in [2.45, 2.75) is 37.6 Å². The predicted octanol–water partition coefficient (Wildman–Crippen LogP) is 3.49. The Kier molecular flexibility index (Phi) is 8.82. The van der Waals surface area contributed by atoms with E-state index >= 15 is 0 Å². The van der Waals surface area contributed by atoms with Crippen LogP contribution >= 0.6 is 0 Å². The van der Waals surface area contributed by atoms with Crippen LogP contribution in [-0.2, 0) is 14.8 Å². The van der Waals surface area contributed by atoms with Crippen LogP contribution in [0.1, 0.15) is 37.0 Å². The molecule has 7 nitrogen and oxygen atoms in total. The molecule has 1 saturated heterocycles. The minimum atomic E-state index is -3.85. The van der Waals surface area contributed by atoms with Gasteiger partial charge in [0.25, 0.3) is 15.9 Å². The summed E-state index contributed by atoms with van der Waals surface area (Å²) >= 11 is 0. The lowest BCUT2D eigenvalue weighted by molar-refractivity contribution is 0.00191. The molecule has 1 fully saturated rings. The van der Waals surface area contributed by atoms with E-state index in [1.54, 1.807) is 0 Å². The standard InChI is InChI=1S/C24H32FN3O4S/c1-3-18(4-2)23(28-13-15-32-16-14-28)17-26-24(29)19-5-11-22(12-6-19)33(30,31)27-21-9-7-20(25)8-10-21/h5-12,18,23,27H,3-4,13-17H2,1-2H3,(H,26,29). The SMILES string of the molecule is CCC(CC)C(CNC(=O)c1ccc(S(=O)(=O)Nc2ccc(F)cc2)cc1)N1CCOCC1. The second-order valence-corrected chi connectivity index (χ2v) is 9.82. The van der Waals surface area contributed by atoms with E-state index in [0.717, 1.165) is 25.9 Å². The summed E-state index contributed by atoms with van der Waals surface area (Å²) < 4.78 is 46.1. The van der Waals surface area contributed by atoms with Crippen LogP contribution in [-0.4, -0.2) is 58.1 Å². The van der Waals surface area contributed by atoms with E-state index in [-0.39, 0.29) is 22.5 Å². The van der Waals surface area contributed by atoms with Crippen molar-refractivity contribution in [3.63, 3.8) is 0 Å². The Morgan fingerprint density at radius 3 is 2.21 bits per heavy atom. The lowest BCUT2D eigenvalue weighted by atomic mass is 9.92. The van der Waals surface area contributed by atoms with Gasteiger partial charge in [0.05, 0.1) is 18.1 Å². The van der Waals surface area contributed by atoms with Crippen LogP contribution < -0.4 is 10.0 Å². The fourth-order valence-corrected chi connectivity index (χ4v) is 5.21. The molecule has 0 radical (unpaired) electrons. The molecule has 1 atom stereocenters. The molecule has 1 unspecified atom stereocenters. The highest BCUT2D eigenvalue weighted by atomic mass is 32.2. The van der Waals surface area contributed by atoms with E-state index in [4.69, 9.17) is 4.74 Å². The third kappa shape index (κ3) is 6.75. The first-order valence-corrected chi connectivity index (χ1v) is 12.8. The highest BCUT2D eigenvalue weighted by Crippen LogP contribution is 2.20. The van der Waals surface area contributed by atoms with E-state index in [2.05, 4.69) is 28.8 Å². The molecule has 0 aliphatic carbocycles. The maximum atomic E-state index is 13.0. The summed E-state index contributed by atoms with van der Waals surface area (Å²) in [7, 11) is -3.85. The molecule has 9 heteroatoms. The van der Waals surface area contributed by atoms with E-state index in [1.165, 1.54) is 48.5 Å². The van der Waals surface area contributed by atoms with Crippen molar-refractivity contribution in [1.82, 2.24) is 10.2 Å². The molecule has 0 aromatic heterocycles. The molecule has 2 aromatic carbocycles. The zero-order valence-corrected chi connectivity index (χ0v) is 19.9. The number of hydrogen-bond acceptors (Lipinski definition) is 5. The van der Waals surface area contributed by atoms with Crippen LogP contribution in [0.25, 0.3) is 0 Å². The number of carbonyl (C=O) groups is 1. The first-order valence-electron chi connectivity index (χ1n) is 11.3. The average Bonchev–Trinajstić information content (AvgIpc) is 2.83. The van der Waals surface area contributed by atoms with Crippen molar-refractivity contribution in [1.29, 1.82) is 0 Å². The van der Waals surface area contributed by atoms with Crippen LogP contribution in [0.3, 0.4) is 0 Å². The van der Waals surface area contributed by atoms with Crippen LogP contribution in [0.5, 0.6) is 0 Å². The fourth-order valence-electron chi connectivity index (χ4n) is 4.15. The summed E-state index contributed by atoms with van der Waals surface area (Å²) in [4.78, 5) is 15.2. The van der Waals surface area contributed by atoms with Crippen LogP contribution in [0.15, 0.2) is 53.4 Å². The Bertz CT molecular complexity index is 1000. The summed E-state index contributed by atoms with van der Waals surface area (Å²) in [6, 6.07) is 11.0. The predicted molar refractivity (Wildman–Crippen MR) is 126 cm³/mol. The van der Waals surface area contributed by atoms with Gasteiger partial charge in [0.15, 0.2) is 0 Å². The number of sulfonamides is 1. The van der Waals surface area contributed by atoms with Gasteiger partial charge < -0.3 is 10.1 Å². The number of rotatable bonds is 10. The van der Waals surface area contributed by atoms with E-state index in [0.29, 0.717) is 31.2 Å².